The van der Waals surface area contributed by atoms with Gasteiger partial charge in [0.25, 0.3) is 15.6 Å². The molecule has 3 rings (SSSR count). The summed E-state index contributed by atoms with van der Waals surface area (Å²) in [6.45, 7) is -0.0229. The van der Waals surface area contributed by atoms with Crippen LogP contribution in [-0.4, -0.2) is 98.6 Å². The fraction of sp³-hybridized carbons (Fsp3) is 0.636. The van der Waals surface area contributed by atoms with Crippen LogP contribution in [0.5, 0.6) is 0 Å². The highest BCUT2D eigenvalue weighted by Gasteiger charge is 2.47. The van der Waals surface area contributed by atoms with Gasteiger partial charge in [0, 0.05) is 31.3 Å². The summed E-state index contributed by atoms with van der Waals surface area (Å²) in [6.07, 6.45) is -6.89. The molecule has 0 bridgehead atoms. The zero-order valence-electron chi connectivity index (χ0n) is 25.6. The lowest BCUT2D eigenvalue weighted by Crippen LogP contribution is -2.46. The molecule has 1 fully saturated rings. The molecule has 49 heavy (non-hydrogen) atoms. The third-order valence-corrected chi connectivity index (χ3v) is 9.65. The highest BCUT2D eigenvalue weighted by Crippen LogP contribution is 2.56. The first kappa shape index (κ1) is 40.6. The summed E-state index contributed by atoms with van der Waals surface area (Å²) in [7, 11) is -17.5. The molecule has 27 heteroatoms. The smallest absolute Gasteiger partial charge is 0.274 e. The van der Waals surface area contributed by atoms with Crippen LogP contribution >= 0.6 is 23.5 Å². The van der Waals surface area contributed by atoms with Gasteiger partial charge >= 0.3 is 0 Å². The van der Waals surface area contributed by atoms with E-state index in [4.69, 9.17) is 10.5 Å². The Bertz CT molecular complexity index is 1640. The Balaban J connectivity index is 1.59. The van der Waals surface area contributed by atoms with E-state index in [0.717, 1.165) is 17.2 Å². The average molecular weight is 759 g/mol. The Morgan fingerprint density at radius 3 is 2.45 bits per heavy atom. The molecule has 0 saturated carbocycles. The number of fused-ring (bicyclic) bond motifs is 1. The van der Waals surface area contributed by atoms with Crippen molar-refractivity contribution < 1.29 is 80.5 Å². The Kier molecular flexibility index (Phi) is 13.7. The number of anilines is 1. The molecule has 7 unspecified atom stereocenters. The van der Waals surface area contributed by atoms with Gasteiger partial charge in [-0.3, -0.25) is 23.3 Å². The van der Waals surface area contributed by atoms with Gasteiger partial charge in [0.05, 0.1) is 27.4 Å². The summed E-state index contributed by atoms with van der Waals surface area (Å²) in [5.41, 5.74) is 4.06. The average Bonchev–Trinajstić information content (AvgIpc) is 3.55. The second kappa shape index (κ2) is 16.5. The summed E-state index contributed by atoms with van der Waals surface area (Å²) in [5.74, 6) is -1.59. The van der Waals surface area contributed by atoms with Gasteiger partial charge in [-0.2, -0.15) is 0 Å². The zero-order valence-corrected chi connectivity index (χ0v) is 28.3. The lowest BCUT2D eigenvalue weighted by molar-refractivity contribution is -0.347. The molecule has 6 N–H and O–H groups in total. The molecule has 2 amide bonds. The van der Waals surface area contributed by atoms with Crippen LogP contribution in [-0.2, 0) is 50.7 Å². The van der Waals surface area contributed by atoms with Crippen LogP contribution in [0.1, 0.15) is 32.9 Å². The fourth-order valence-corrected chi connectivity index (χ4v) is 6.92. The van der Waals surface area contributed by atoms with Gasteiger partial charge in [0.1, 0.15) is 42.5 Å². The summed E-state index contributed by atoms with van der Waals surface area (Å²) in [5, 5.41) is 25.8. The first-order chi connectivity index (χ1) is 22.7. The largest absolute Gasteiger partial charge is 0.790 e. The number of nitrogens with two attached hydrogens (primary N) is 1. The van der Waals surface area contributed by atoms with Crippen LogP contribution in [0.2, 0.25) is 0 Å². The molecule has 0 radical (unpaired) electrons. The number of aliphatic hydroxyl groups excluding tert-OH is 2. The number of nitrogens with zero attached hydrogens (tertiary/aromatic N) is 4. The molecular weight excluding hydrogens is 727 g/mol. The Hall–Kier alpha value is -2.79. The number of ether oxygens (including phenoxy) is 1. The first-order valence-corrected chi connectivity index (χ1v) is 18.3. The van der Waals surface area contributed by atoms with Crippen LogP contribution in [0.3, 0.4) is 0 Å². The molecule has 2 aromatic rings. The quantitative estimate of drug-likeness (QED) is 0.0511. The summed E-state index contributed by atoms with van der Waals surface area (Å²) >= 11 is 0. The van der Waals surface area contributed by atoms with E-state index in [1.165, 1.54) is 13.8 Å². The standard InChI is InChI=1S/C22H36N7O17P3/c1-22(2,17(33)20(34)25-6-4-13(31)24-5-3-7-30)9-43-49(40,41)46-48(38,39)42-8-12-16(45-47(35,36)37)15(32)21(44-12)29-11-28-14-18(23)26-10-27-19(14)29/h7,10-12,15-17,21,32-33H,3-6,8-9H2,1-2H3,(H,24,31)(H,25,34)(H,38,39)(H,40,41)(H2,23,26,27)(H2,35,36,37)/p-4. The third kappa shape index (κ3) is 11.6. The highest BCUT2D eigenvalue weighted by atomic mass is 31.3. The van der Waals surface area contributed by atoms with Gasteiger partial charge in [-0.25, -0.2) is 19.3 Å². The van der Waals surface area contributed by atoms with Crippen molar-refractivity contribution in [2.24, 2.45) is 5.41 Å². The number of rotatable bonds is 19. The molecule has 1 aliphatic rings. The molecule has 0 spiro atoms. The predicted octanol–water partition coefficient (Wildman–Crippen LogP) is -4.53. The minimum atomic E-state index is -5.90. The van der Waals surface area contributed by atoms with E-state index < -0.39 is 84.6 Å². The van der Waals surface area contributed by atoms with Gasteiger partial charge in [0.15, 0.2) is 17.7 Å². The van der Waals surface area contributed by atoms with Crippen molar-refractivity contribution >= 4 is 58.6 Å². The van der Waals surface area contributed by atoms with E-state index in [0.29, 0.717) is 6.29 Å². The van der Waals surface area contributed by atoms with Crippen molar-refractivity contribution in [2.75, 3.05) is 32.0 Å². The topological polar surface area (TPSA) is 375 Å². The van der Waals surface area contributed by atoms with Crippen LogP contribution in [0.15, 0.2) is 12.7 Å². The van der Waals surface area contributed by atoms with Crippen LogP contribution in [0, 0.1) is 5.41 Å². The number of hydrogen-bond acceptors (Lipinski definition) is 21. The number of carbonyl (C=O) groups excluding carboxylic acids is 3. The maximum atomic E-state index is 12.4. The number of phosphoric acid groups is 3. The molecular formula is C22H32N7O17P3-4. The summed E-state index contributed by atoms with van der Waals surface area (Å²) < 4.78 is 60.1. The van der Waals surface area contributed by atoms with Gasteiger partial charge < -0.3 is 73.8 Å². The maximum absolute atomic E-state index is 12.4. The Morgan fingerprint density at radius 2 is 1.80 bits per heavy atom. The SMILES string of the molecule is CC(C)(COP(=O)([O-])OP(=O)([O-])OCC1OC(n2cnc3c(N)ncnc32)C(O)C1OP(=O)([O-])[O-])C(O)C(=O)NCCC(=O)NCCC=O. The van der Waals surface area contributed by atoms with Crippen molar-refractivity contribution in [1.82, 2.24) is 30.2 Å². The lowest BCUT2D eigenvalue weighted by Gasteiger charge is -2.36. The molecule has 276 valence electrons. The predicted molar refractivity (Wildman–Crippen MR) is 151 cm³/mol. The number of phosphoric ester groups is 3. The number of nitrogen functional groups attached to an aromatic ring is 1. The molecule has 0 aromatic carbocycles. The van der Waals surface area contributed by atoms with Gasteiger partial charge in [-0.15, -0.1) is 0 Å². The number of aliphatic hydroxyl groups is 2. The van der Waals surface area contributed by atoms with Crippen LogP contribution in [0.25, 0.3) is 11.2 Å². The zero-order chi connectivity index (χ0) is 36.8. The first-order valence-electron chi connectivity index (χ1n) is 13.9. The number of aldehydes is 1. The fourth-order valence-electron chi connectivity index (χ4n) is 4.19. The molecule has 3 heterocycles. The van der Waals surface area contributed by atoms with Crippen LogP contribution < -0.4 is 35.9 Å². The monoisotopic (exact) mass is 759 g/mol. The second-order valence-electron chi connectivity index (χ2n) is 10.9. The number of carbonyl (C=O) groups is 3. The molecule has 7 atom stereocenters. The maximum Gasteiger partial charge on any atom is 0.274 e. The van der Waals surface area contributed by atoms with E-state index in [-0.39, 0.29) is 42.9 Å². The van der Waals surface area contributed by atoms with Crippen molar-refractivity contribution in [3.8, 4) is 0 Å². The molecule has 24 nitrogen and oxygen atoms in total. The second-order valence-corrected chi connectivity index (χ2v) is 15.0. The lowest BCUT2D eigenvalue weighted by atomic mass is 9.87. The highest BCUT2D eigenvalue weighted by molar-refractivity contribution is 7.59. The molecule has 1 aliphatic heterocycles. The van der Waals surface area contributed by atoms with E-state index in [2.05, 4.69) is 43.5 Å². The van der Waals surface area contributed by atoms with Crippen molar-refractivity contribution in [3.63, 3.8) is 0 Å². The van der Waals surface area contributed by atoms with Crippen molar-refractivity contribution in [3.05, 3.63) is 12.7 Å². The number of nitrogens with one attached hydrogen (secondary N) is 2. The number of amides is 2. The van der Waals surface area contributed by atoms with E-state index in [9.17, 15) is 57.9 Å². The summed E-state index contributed by atoms with van der Waals surface area (Å²) in [4.78, 5) is 93.3. The van der Waals surface area contributed by atoms with E-state index in [1.807, 2.05) is 0 Å². The Labute approximate surface area is 276 Å². The minimum Gasteiger partial charge on any atom is -0.790 e. The number of imidazole rings is 1. The van der Waals surface area contributed by atoms with Gasteiger partial charge in [0.2, 0.25) is 11.8 Å². The van der Waals surface area contributed by atoms with E-state index in [1.54, 1.807) is 0 Å². The number of aromatic nitrogens is 4. The van der Waals surface area contributed by atoms with Crippen LogP contribution in [0.4, 0.5) is 5.82 Å². The van der Waals surface area contributed by atoms with E-state index >= 15 is 0 Å². The number of hydrogen-bond donors (Lipinski definition) is 5. The van der Waals surface area contributed by atoms with Crippen molar-refractivity contribution in [1.29, 1.82) is 0 Å². The molecule has 0 aliphatic carbocycles. The third-order valence-electron chi connectivity index (χ3n) is 6.64. The van der Waals surface area contributed by atoms with Crippen molar-refractivity contribution in [2.45, 2.75) is 57.3 Å². The van der Waals surface area contributed by atoms with Gasteiger partial charge in [-0.1, -0.05) is 13.8 Å². The molecule has 1 saturated heterocycles. The Morgan fingerprint density at radius 1 is 1.12 bits per heavy atom. The van der Waals surface area contributed by atoms with Gasteiger partial charge in [-0.05, 0) is 0 Å². The normalized spacial score (nSPS) is 23.0. The molecule has 2 aromatic heterocycles. The summed E-state index contributed by atoms with van der Waals surface area (Å²) in [6, 6.07) is 0. The minimum absolute atomic E-state index is 0.0214.